The molecule has 0 atom stereocenters. The summed E-state index contributed by atoms with van der Waals surface area (Å²) in [5.74, 6) is 0.198. The van der Waals surface area contributed by atoms with Crippen LogP contribution in [0.3, 0.4) is 0 Å². The van der Waals surface area contributed by atoms with E-state index >= 15 is 0 Å². The van der Waals surface area contributed by atoms with Gasteiger partial charge in [-0.3, -0.25) is 9.69 Å². The average molecular weight is 304 g/mol. The van der Waals surface area contributed by atoms with Gasteiger partial charge in [-0.1, -0.05) is 30.3 Å². The summed E-state index contributed by atoms with van der Waals surface area (Å²) in [7, 11) is 2.16. The zero-order valence-electron chi connectivity index (χ0n) is 13.6. The highest BCUT2D eigenvalue weighted by Crippen LogP contribution is 2.05. The summed E-state index contributed by atoms with van der Waals surface area (Å²) < 4.78 is 0. The van der Waals surface area contributed by atoms with Crippen molar-refractivity contribution in [1.29, 1.82) is 0 Å². The second-order valence-electron chi connectivity index (χ2n) is 5.98. The van der Waals surface area contributed by atoms with E-state index < -0.39 is 0 Å². The fraction of sp³-hybridized carbons (Fsp3) is 0.588. The van der Waals surface area contributed by atoms with E-state index in [1.54, 1.807) is 0 Å². The Morgan fingerprint density at radius 1 is 1.18 bits per heavy atom. The molecule has 1 aromatic rings. The van der Waals surface area contributed by atoms with Crippen LogP contribution in [0.1, 0.15) is 12.0 Å². The molecule has 0 saturated carbocycles. The number of carbonyl (C=O) groups excluding carboxylic acids is 1. The van der Waals surface area contributed by atoms with Gasteiger partial charge in [-0.15, -0.1) is 0 Å². The first-order valence-corrected chi connectivity index (χ1v) is 8.11. The first kappa shape index (κ1) is 16.9. The molecule has 0 aromatic heterocycles. The largest absolute Gasteiger partial charge is 0.340 e. The molecule has 1 aliphatic heterocycles. The van der Waals surface area contributed by atoms with Gasteiger partial charge in [-0.05, 0) is 12.6 Å². The van der Waals surface area contributed by atoms with E-state index in [0.717, 1.165) is 45.8 Å². The summed E-state index contributed by atoms with van der Waals surface area (Å²) >= 11 is 0. The normalized spacial score (nSPS) is 16.2. The van der Waals surface area contributed by atoms with E-state index in [4.69, 9.17) is 5.73 Å². The zero-order valence-corrected chi connectivity index (χ0v) is 13.6. The van der Waals surface area contributed by atoms with Gasteiger partial charge in [0.25, 0.3) is 0 Å². The lowest BCUT2D eigenvalue weighted by atomic mass is 10.2. The Morgan fingerprint density at radius 2 is 1.86 bits per heavy atom. The first-order chi connectivity index (χ1) is 10.7. The van der Waals surface area contributed by atoms with Gasteiger partial charge >= 0.3 is 0 Å². The van der Waals surface area contributed by atoms with Gasteiger partial charge in [0, 0.05) is 58.8 Å². The van der Waals surface area contributed by atoms with Crippen molar-refractivity contribution in [2.45, 2.75) is 13.0 Å². The molecule has 1 amide bonds. The lowest BCUT2D eigenvalue weighted by Crippen LogP contribution is -2.50. The van der Waals surface area contributed by atoms with Crippen molar-refractivity contribution in [2.75, 3.05) is 52.9 Å². The van der Waals surface area contributed by atoms with Crippen LogP contribution in [0.5, 0.6) is 0 Å². The highest BCUT2D eigenvalue weighted by Gasteiger charge is 2.20. The van der Waals surface area contributed by atoms with Crippen LogP contribution in [0.4, 0.5) is 0 Å². The summed E-state index contributed by atoms with van der Waals surface area (Å²) in [4.78, 5) is 18.5. The molecular weight excluding hydrogens is 276 g/mol. The van der Waals surface area contributed by atoms with Gasteiger partial charge in [-0.2, -0.15) is 0 Å². The van der Waals surface area contributed by atoms with Crippen LogP contribution in [0.15, 0.2) is 30.3 Å². The van der Waals surface area contributed by atoms with E-state index in [1.165, 1.54) is 5.56 Å². The molecule has 0 aliphatic carbocycles. The van der Waals surface area contributed by atoms with Crippen LogP contribution in [0.2, 0.25) is 0 Å². The number of hydrogen-bond acceptors (Lipinski definition) is 4. The Hall–Kier alpha value is -1.43. The summed E-state index contributed by atoms with van der Waals surface area (Å²) in [5, 5.41) is 0. The average Bonchev–Trinajstić information content (AvgIpc) is 2.54. The Kier molecular flexibility index (Phi) is 6.83. The van der Waals surface area contributed by atoms with Gasteiger partial charge in [0.05, 0.1) is 0 Å². The summed E-state index contributed by atoms with van der Waals surface area (Å²) in [6.07, 6.45) is 0.472. The molecule has 1 aromatic carbocycles. The lowest BCUT2D eigenvalue weighted by molar-refractivity contribution is -0.132. The smallest absolute Gasteiger partial charge is 0.223 e. The first-order valence-electron chi connectivity index (χ1n) is 8.11. The molecule has 1 saturated heterocycles. The topological polar surface area (TPSA) is 52.8 Å². The summed E-state index contributed by atoms with van der Waals surface area (Å²) in [6.45, 7) is 7.14. The van der Waals surface area contributed by atoms with Crippen LogP contribution in [-0.4, -0.2) is 73.5 Å². The van der Waals surface area contributed by atoms with Crippen LogP contribution in [0.25, 0.3) is 0 Å². The van der Waals surface area contributed by atoms with E-state index in [0.29, 0.717) is 13.0 Å². The number of amides is 1. The van der Waals surface area contributed by atoms with Crippen molar-refractivity contribution in [3.05, 3.63) is 35.9 Å². The Morgan fingerprint density at radius 3 is 2.50 bits per heavy atom. The molecule has 1 heterocycles. The van der Waals surface area contributed by atoms with Crippen LogP contribution >= 0.6 is 0 Å². The fourth-order valence-corrected chi connectivity index (χ4v) is 2.79. The van der Waals surface area contributed by atoms with Crippen molar-refractivity contribution in [3.63, 3.8) is 0 Å². The number of carbonyl (C=O) groups is 1. The lowest BCUT2D eigenvalue weighted by Gasteiger charge is -2.35. The van der Waals surface area contributed by atoms with E-state index in [2.05, 4.69) is 47.2 Å². The van der Waals surface area contributed by atoms with Crippen molar-refractivity contribution >= 4 is 5.91 Å². The second kappa shape index (κ2) is 8.88. The Labute approximate surface area is 133 Å². The number of likely N-dealkylation sites (N-methyl/N-ethyl adjacent to an activating group) is 1. The second-order valence-corrected chi connectivity index (χ2v) is 5.98. The monoisotopic (exact) mass is 304 g/mol. The number of benzene rings is 1. The fourth-order valence-electron chi connectivity index (χ4n) is 2.79. The molecule has 0 unspecified atom stereocenters. The van der Waals surface area contributed by atoms with E-state index in [9.17, 15) is 4.79 Å². The molecule has 1 aliphatic rings. The third-order valence-electron chi connectivity index (χ3n) is 4.18. The van der Waals surface area contributed by atoms with Gasteiger partial charge in [-0.25, -0.2) is 0 Å². The molecule has 0 spiro atoms. The number of nitrogens with zero attached hydrogens (tertiary/aromatic N) is 3. The third kappa shape index (κ3) is 5.40. The van der Waals surface area contributed by atoms with Crippen LogP contribution in [0, 0.1) is 0 Å². The van der Waals surface area contributed by atoms with Crippen molar-refractivity contribution in [2.24, 2.45) is 5.73 Å². The molecule has 0 bridgehead atoms. The molecule has 1 fully saturated rings. The minimum Gasteiger partial charge on any atom is -0.340 e. The Bertz CT molecular complexity index is 443. The summed E-state index contributed by atoms with van der Waals surface area (Å²) in [6, 6.07) is 10.5. The number of nitrogens with two attached hydrogens (primary N) is 1. The van der Waals surface area contributed by atoms with Crippen molar-refractivity contribution in [1.82, 2.24) is 14.7 Å². The third-order valence-corrected chi connectivity index (χ3v) is 4.18. The number of piperazine rings is 1. The highest BCUT2D eigenvalue weighted by atomic mass is 16.2. The van der Waals surface area contributed by atoms with E-state index in [-0.39, 0.29) is 5.91 Å². The maximum Gasteiger partial charge on any atom is 0.223 e. The molecule has 5 heteroatoms. The maximum absolute atomic E-state index is 11.8. The van der Waals surface area contributed by atoms with Crippen molar-refractivity contribution in [3.8, 4) is 0 Å². The molecule has 5 nitrogen and oxygen atoms in total. The van der Waals surface area contributed by atoms with Gasteiger partial charge < -0.3 is 15.5 Å². The SMILES string of the molecule is CN(CCN1CCN(C(=O)CCN)CC1)Cc1ccccc1. The van der Waals surface area contributed by atoms with Crippen LogP contribution in [-0.2, 0) is 11.3 Å². The maximum atomic E-state index is 11.8. The predicted molar refractivity (Wildman–Crippen MR) is 89.5 cm³/mol. The van der Waals surface area contributed by atoms with Crippen LogP contribution < -0.4 is 5.73 Å². The minimum absolute atomic E-state index is 0.198. The molecule has 2 N–H and O–H groups in total. The predicted octanol–water partition coefficient (Wildman–Crippen LogP) is 0.611. The number of rotatable bonds is 7. The Balaban J connectivity index is 1.65. The zero-order chi connectivity index (χ0) is 15.8. The minimum atomic E-state index is 0.198. The molecule has 0 radical (unpaired) electrons. The molecule has 22 heavy (non-hydrogen) atoms. The molecule has 2 rings (SSSR count). The molecular formula is C17H28N4O. The van der Waals surface area contributed by atoms with Gasteiger partial charge in [0.2, 0.25) is 5.91 Å². The molecule has 122 valence electrons. The van der Waals surface area contributed by atoms with Gasteiger partial charge in [0.1, 0.15) is 0 Å². The highest BCUT2D eigenvalue weighted by molar-refractivity contribution is 5.76. The van der Waals surface area contributed by atoms with Crippen molar-refractivity contribution < 1.29 is 4.79 Å². The van der Waals surface area contributed by atoms with E-state index in [1.807, 2.05) is 4.90 Å². The standard InChI is InChI=1S/C17H28N4O/c1-19(15-16-5-3-2-4-6-16)9-10-20-11-13-21(14-12-20)17(22)7-8-18/h2-6H,7-15,18H2,1H3. The summed E-state index contributed by atoms with van der Waals surface area (Å²) in [5.41, 5.74) is 6.79. The number of hydrogen-bond donors (Lipinski definition) is 1. The quantitative estimate of drug-likeness (QED) is 0.802. The van der Waals surface area contributed by atoms with Gasteiger partial charge in [0.15, 0.2) is 0 Å².